The van der Waals surface area contributed by atoms with Gasteiger partial charge < -0.3 is 4.90 Å². The quantitative estimate of drug-likeness (QED) is 0.237. The van der Waals surface area contributed by atoms with Crippen molar-refractivity contribution >= 4 is 0 Å². The molecule has 0 heterocycles. The topological polar surface area (TPSA) is 3.24 Å². The summed E-state index contributed by atoms with van der Waals surface area (Å²) in [5.74, 6) is 0.941. The molecule has 0 aromatic carbocycles. The van der Waals surface area contributed by atoms with E-state index in [1.807, 2.05) is 0 Å². The molecule has 0 spiro atoms. The van der Waals surface area contributed by atoms with E-state index in [0.29, 0.717) is 0 Å². The summed E-state index contributed by atoms with van der Waals surface area (Å²) < 4.78 is 0. The van der Waals surface area contributed by atoms with E-state index in [1.54, 1.807) is 0 Å². The van der Waals surface area contributed by atoms with Gasteiger partial charge in [-0.25, -0.2) is 0 Å². The van der Waals surface area contributed by atoms with E-state index in [9.17, 15) is 0 Å². The van der Waals surface area contributed by atoms with Gasteiger partial charge in [-0.2, -0.15) is 0 Å². The number of hydrogen-bond acceptors (Lipinski definition) is 1. The largest absolute Gasteiger partial charge is 0.309 e. The second-order valence-corrected chi connectivity index (χ2v) is 7.95. The third-order valence-electron chi connectivity index (χ3n) is 5.06. The van der Waals surface area contributed by atoms with Crippen LogP contribution in [0.3, 0.4) is 0 Å². The van der Waals surface area contributed by atoms with Crippen LogP contribution in [0.2, 0.25) is 0 Å². The predicted molar refractivity (Wildman–Crippen MR) is 107 cm³/mol. The summed E-state index contributed by atoms with van der Waals surface area (Å²) in [6, 6.07) is 0. The molecular weight excluding hydrogens is 278 g/mol. The normalized spacial score (nSPS) is 12.9. The van der Waals surface area contributed by atoms with Gasteiger partial charge in [0.1, 0.15) is 0 Å². The fraction of sp³-hybridized carbons (Fsp3) is 1.00. The molecule has 0 aromatic heterocycles. The fourth-order valence-corrected chi connectivity index (χ4v) is 3.62. The fourth-order valence-electron chi connectivity index (χ4n) is 3.62. The zero-order valence-corrected chi connectivity index (χ0v) is 17.0. The molecule has 0 rings (SSSR count). The summed E-state index contributed by atoms with van der Waals surface area (Å²) in [5, 5.41) is 0. The van der Waals surface area contributed by atoms with Crippen LogP contribution in [0.25, 0.3) is 0 Å². The highest BCUT2D eigenvalue weighted by molar-refractivity contribution is 4.63. The zero-order valence-electron chi connectivity index (χ0n) is 17.0. The molecule has 0 saturated carbocycles. The molecule has 0 amide bonds. The van der Waals surface area contributed by atoms with Crippen molar-refractivity contribution in [2.24, 2.45) is 5.92 Å². The van der Waals surface area contributed by atoms with Gasteiger partial charge in [0.25, 0.3) is 0 Å². The summed E-state index contributed by atoms with van der Waals surface area (Å²) >= 11 is 0. The molecule has 1 atom stereocenters. The van der Waals surface area contributed by atoms with Gasteiger partial charge in [-0.15, -0.1) is 0 Å². The maximum Gasteiger partial charge on any atom is 0.000356 e. The Balaban J connectivity index is 3.59. The highest BCUT2D eigenvalue weighted by Crippen LogP contribution is 2.20. The predicted octanol–water partition coefficient (Wildman–Crippen LogP) is 7.45. The molecule has 23 heavy (non-hydrogen) atoms. The van der Waals surface area contributed by atoms with Crippen molar-refractivity contribution in [2.45, 2.75) is 117 Å². The smallest absolute Gasteiger partial charge is 0.000356 e. The molecular formula is C22H47N. The standard InChI is InChI=1S/C22H47N/c1-5-7-9-11-13-14-16-18-20-22(21-23(3)4)19-17-15-12-10-8-6-2/h22H,5-21H2,1-4H3. The average molecular weight is 326 g/mol. The Bertz CT molecular complexity index is 212. The molecule has 0 bridgehead atoms. The molecule has 0 aliphatic heterocycles. The van der Waals surface area contributed by atoms with Gasteiger partial charge in [-0.3, -0.25) is 0 Å². The Morgan fingerprint density at radius 1 is 0.522 bits per heavy atom. The molecule has 0 aliphatic carbocycles. The van der Waals surface area contributed by atoms with Gasteiger partial charge >= 0.3 is 0 Å². The SMILES string of the molecule is CCCCCCCCCCC(CCCCCCCC)CN(C)C. The number of nitrogens with zero attached hydrogens (tertiary/aromatic N) is 1. The van der Waals surface area contributed by atoms with Crippen LogP contribution in [-0.4, -0.2) is 25.5 Å². The van der Waals surface area contributed by atoms with Crippen LogP contribution in [-0.2, 0) is 0 Å². The molecule has 0 N–H and O–H groups in total. The minimum Gasteiger partial charge on any atom is -0.309 e. The van der Waals surface area contributed by atoms with Crippen LogP contribution in [0.1, 0.15) is 117 Å². The van der Waals surface area contributed by atoms with Gasteiger partial charge in [0, 0.05) is 6.54 Å². The first-order valence-electron chi connectivity index (χ1n) is 10.8. The molecule has 0 radical (unpaired) electrons. The summed E-state index contributed by atoms with van der Waals surface area (Å²) in [6.45, 7) is 5.90. The average Bonchev–Trinajstić information content (AvgIpc) is 2.52. The highest BCUT2D eigenvalue weighted by atomic mass is 15.1. The monoisotopic (exact) mass is 325 g/mol. The number of hydrogen-bond donors (Lipinski definition) is 0. The molecule has 0 aromatic rings. The Kier molecular flexibility index (Phi) is 18.3. The van der Waals surface area contributed by atoms with Crippen molar-refractivity contribution in [3.05, 3.63) is 0 Å². The van der Waals surface area contributed by atoms with Gasteiger partial charge in [0.2, 0.25) is 0 Å². The van der Waals surface area contributed by atoms with Crippen molar-refractivity contribution in [2.75, 3.05) is 20.6 Å². The van der Waals surface area contributed by atoms with Crippen molar-refractivity contribution in [1.29, 1.82) is 0 Å². The molecule has 0 aliphatic rings. The summed E-state index contributed by atoms with van der Waals surface area (Å²) in [5.41, 5.74) is 0. The van der Waals surface area contributed by atoms with E-state index >= 15 is 0 Å². The van der Waals surface area contributed by atoms with E-state index in [2.05, 4.69) is 32.8 Å². The van der Waals surface area contributed by atoms with Crippen LogP contribution < -0.4 is 0 Å². The lowest BCUT2D eigenvalue weighted by Crippen LogP contribution is -2.21. The molecule has 1 heteroatoms. The molecule has 1 nitrogen and oxygen atoms in total. The van der Waals surface area contributed by atoms with Crippen LogP contribution in [0.15, 0.2) is 0 Å². The van der Waals surface area contributed by atoms with Crippen molar-refractivity contribution < 1.29 is 0 Å². The Labute approximate surface area is 148 Å². The van der Waals surface area contributed by atoms with E-state index in [1.165, 1.54) is 109 Å². The van der Waals surface area contributed by atoms with Crippen molar-refractivity contribution in [1.82, 2.24) is 4.90 Å². The van der Waals surface area contributed by atoms with E-state index < -0.39 is 0 Å². The van der Waals surface area contributed by atoms with Gasteiger partial charge in [-0.1, -0.05) is 104 Å². The van der Waals surface area contributed by atoms with Crippen LogP contribution in [0.4, 0.5) is 0 Å². The summed E-state index contributed by atoms with van der Waals surface area (Å²) in [4.78, 5) is 2.40. The first kappa shape index (κ1) is 23.0. The minimum absolute atomic E-state index is 0.941. The van der Waals surface area contributed by atoms with Crippen LogP contribution >= 0.6 is 0 Å². The third kappa shape index (κ3) is 18.1. The van der Waals surface area contributed by atoms with Gasteiger partial charge in [0.15, 0.2) is 0 Å². The molecule has 0 saturated heterocycles. The van der Waals surface area contributed by atoms with Crippen molar-refractivity contribution in [3.8, 4) is 0 Å². The number of rotatable bonds is 18. The summed E-state index contributed by atoms with van der Waals surface area (Å²) in [7, 11) is 4.48. The van der Waals surface area contributed by atoms with E-state index in [4.69, 9.17) is 0 Å². The lowest BCUT2D eigenvalue weighted by Gasteiger charge is -2.21. The van der Waals surface area contributed by atoms with E-state index in [0.717, 1.165) is 5.92 Å². The highest BCUT2D eigenvalue weighted by Gasteiger charge is 2.09. The first-order chi connectivity index (χ1) is 11.2. The van der Waals surface area contributed by atoms with Gasteiger partial charge in [-0.05, 0) is 32.9 Å². The second-order valence-electron chi connectivity index (χ2n) is 7.95. The lowest BCUT2D eigenvalue weighted by atomic mass is 9.93. The van der Waals surface area contributed by atoms with Crippen LogP contribution in [0.5, 0.6) is 0 Å². The minimum atomic E-state index is 0.941. The maximum absolute atomic E-state index is 2.40. The van der Waals surface area contributed by atoms with Crippen molar-refractivity contribution in [3.63, 3.8) is 0 Å². The molecule has 0 fully saturated rings. The third-order valence-corrected chi connectivity index (χ3v) is 5.06. The Morgan fingerprint density at radius 2 is 0.870 bits per heavy atom. The lowest BCUT2D eigenvalue weighted by molar-refractivity contribution is 0.286. The molecule has 140 valence electrons. The number of unbranched alkanes of at least 4 members (excludes halogenated alkanes) is 12. The second kappa shape index (κ2) is 18.3. The molecule has 1 unspecified atom stereocenters. The Morgan fingerprint density at radius 3 is 1.22 bits per heavy atom. The van der Waals surface area contributed by atoms with Crippen LogP contribution in [0, 0.1) is 5.92 Å². The zero-order chi connectivity index (χ0) is 17.2. The maximum atomic E-state index is 2.40. The van der Waals surface area contributed by atoms with E-state index in [-0.39, 0.29) is 0 Å². The summed E-state index contributed by atoms with van der Waals surface area (Å²) in [6.07, 6.45) is 23.1. The van der Waals surface area contributed by atoms with Gasteiger partial charge in [0.05, 0.1) is 0 Å². The first-order valence-corrected chi connectivity index (χ1v) is 10.8. The Hall–Kier alpha value is -0.0400.